The van der Waals surface area contributed by atoms with Crippen LogP contribution in [-0.4, -0.2) is 60.1 Å². The van der Waals surface area contributed by atoms with E-state index in [1.54, 1.807) is 23.1 Å². The molecule has 3 heterocycles. The Bertz CT molecular complexity index is 1120. The molecule has 2 N–H and O–H groups in total. The number of hydrogen-bond donors (Lipinski definition) is 2. The Hall–Kier alpha value is -3.24. The molecule has 1 unspecified atom stereocenters. The van der Waals surface area contributed by atoms with E-state index < -0.39 is 23.8 Å². The van der Waals surface area contributed by atoms with Gasteiger partial charge in [-0.25, -0.2) is 14.2 Å². The van der Waals surface area contributed by atoms with E-state index in [4.69, 9.17) is 16.3 Å². The van der Waals surface area contributed by atoms with Crippen LogP contribution >= 0.6 is 11.6 Å². The molecule has 4 rings (SSSR count). The van der Waals surface area contributed by atoms with Gasteiger partial charge in [0.05, 0.1) is 16.8 Å². The van der Waals surface area contributed by atoms with E-state index in [0.717, 1.165) is 12.8 Å². The molecule has 0 radical (unpaired) electrons. The number of piperidine rings is 1. The molecule has 35 heavy (non-hydrogen) atoms. The van der Waals surface area contributed by atoms with Crippen LogP contribution in [0.1, 0.15) is 26.2 Å². The van der Waals surface area contributed by atoms with Crippen LogP contribution in [-0.2, 0) is 14.3 Å². The summed E-state index contributed by atoms with van der Waals surface area (Å²) in [5.41, 5.74) is 0.422. The summed E-state index contributed by atoms with van der Waals surface area (Å²) >= 11 is 5.83. The van der Waals surface area contributed by atoms with Crippen molar-refractivity contribution in [1.29, 1.82) is 0 Å². The summed E-state index contributed by atoms with van der Waals surface area (Å²) in [5.74, 6) is -1.08. The lowest BCUT2D eigenvalue weighted by Crippen LogP contribution is -2.45. The van der Waals surface area contributed by atoms with Crippen LogP contribution in [0.5, 0.6) is 0 Å². The number of anilines is 3. The summed E-state index contributed by atoms with van der Waals surface area (Å²) in [5, 5.41) is 5.64. The van der Waals surface area contributed by atoms with Gasteiger partial charge < -0.3 is 19.9 Å². The second-order valence-corrected chi connectivity index (χ2v) is 9.18. The van der Waals surface area contributed by atoms with Crippen molar-refractivity contribution in [3.8, 4) is 0 Å². The number of likely N-dealkylation sites (tertiary alicyclic amines) is 1. The molecule has 2 fully saturated rings. The second kappa shape index (κ2) is 10.6. The topological polar surface area (TPSA) is 104 Å². The van der Waals surface area contributed by atoms with E-state index in [2.05, 4.69) is 15.6 Å². The van der Waals surface area contributed by atoms with E-state index in [-0.39, 0.29) is 42.4 Å². The second-order valence-electron chi connectivity index (χ2n) is 8.74. The maximum Gasteiger partial charge on any atom is 0.323 e. The van der Waals surface area contributed by atoms with E-state index in [1.807, 2.05) is 6.92 Å². The highest BCUT2D eigenvalue weighted by Crippen LogP contribution is 2.28. The van der Waals surface area contributed by atoms with Crippen LogP contribution in [0.2, 0.25) is 5.02 Å². The smallest absolute Gasteiger partial charge is 0.323 e. The molecule has 2 saturated heterocycles. The van der Waals surface area contributed by atoms with E-state index >= 15 is 0 Å². The van der Waals surface area contributed by atoms with Crippen molar-refractivity contribution in [2.45, 2.75) is 38.3 Å². The number of benzene rings is 1. The van der Waals surface area contributed by atoms with E-state index in [0.29, 0.717) is 17.3 Å². The first-order chi connectivity index (χ1) is 16.8. The van der Waals surface area contributed by atoms with Crippen molar-refractivity contribution in [1.82, 2.24) is 9.88 Å². The standard InChI is InChI=1S/C24H27ClFN5O4/c1-14-4-3-9-30(23(14)33)16-6-7-19(18(26)10-16)28-22(32)20-11-17(35-2)13-31(20)24(34)29-21-8-5-15(25)12-27-21/h5-8,10,12,14,17,20H,3-4,9,11,13H2,1-2H3,(H,28,32)(H,27,29,34)/t14?,17-,20-/m1/s1. The summed E-state index contributed by atoms with van der Waals surface area (Å²) in [6.07, 6.45) is 2.96. The lowest BCUT2D eigenvalue weighted by atomic mass is 9.98. The zero-order valence-corrected chi connectivity index (χ0v) is 20.2. The van der Waals surface area contributed by atoms with Crippen LogP contribution in [0.3, 0.4) is 0 Å². The molecular formula is C24H27ClFN5O4. The van der Waals surface area contributed by atoms with Crippen LogP contribution in [0.25, 0.3) is 0 Å². The Kier molecular flexibility index (Phi) is 7.51. The molecule has 4 amide bonds. The van der Waals surface area contributed by atoms with Gasteiger partial charge >= 0.3 is 6.03 Å². The Morgan fingerprint density at radius 2 is 2.03 bits per heavy atom. The Morgan fingerprint density at radius 3 is 2.71 bits per heavy atom. The van der Waals surface area contributed by atoms with Gasteiger partial charge in [0.25, 0.3) is 0 Å². The Labute approximate surface area is 207 Å². The monoisotopic (exact) mass is 503 g/mol. The van der Waals surface area contributed by atoms with Crippen LogP contribution in [0.4, 0.5) is 26.4 Å². The molecule has 0 spiro atoms. The van der Waals surface area contributed by atoms with Crippen molar-refractivity contribution < 1.29 is 23.5 Å². The van der Waals surface area contributed by atoms with Gasteiger partial charge in [-0.2, -0.15) is 0 Å². The fourth-order valence-electron chi connectivity index (χ4n) is 4.37. The number of halogens is 2. The number of nitrogens with zero attached hydrogens (tertiary/aromatic N) is 3. The normalized spacial score (nSPS) is 22.3. The first kappa shape index (κ1) is 24.9. The van der Waals surface area contributed by atoms with Gasteiger partial charge in [0.2, 0.25) is 11.8 Å². The fourth-order valence-corrected chi connectivity index (χ4v) is 4.49. The van der Waals surface area contributed by atoms with Crippen molar-refractivity contribution in [2.75, 3.05) is 35.7 Å². The van der Waals surface area contributed by atoms with Gasteiger partial charge in [-0.15, -0.1) is 0 Å². The zero-order valence-electron chi connectivity index (χ0n) is 19.5. The Balaban J connectivity index is 1.46. The predicted molar refractivity (Wildman–Crippen MR) is 130 cm³/mol. The van der Waals surface area contributed by atoms with Gasteiger partial charge in [-0.1, -0.05) is 18.5 Å². The molecule has 1 aromatic carbocycles. The molecule has 2 aliphatic rings. The van der Waals surface area contributed by atoms with Crippen molar-refractivity contribution in [3.63, 3.8) is 0 Å². The molecule has 2 aliphatic heterocycles. The number of pyridine rings is 1. The summed E-state index contributed by atoms with van der Waals surface area (Å²) in [7, 11) is 1.50. The van der Waals surface area contributed by atoms with Crippen LogP contribution in [0, 0.1) is 11.7 Å². The number of ether oxygens (including phenoxy) is 1. The number of aromatic nitrogens is 1. The minimum atomic E-state index is -0.879. The third-order valence-corrected chi connectivity index (χ3v) is 6.57. The molecule has 2 aromatic rings. The first-order valence-corrected chi connectivity index (χ1v) is 11.8. The number of methoxy groups -OCH3 is 1. The summed E-state index contributed by atoms with van der Waals surface area (Å²) in [6.45, 7) is 2.57. The molecule has 186 valence electrons. The SMILES string of the molecule is CO[C@@H]1C[C@H](C(=O)Nc2ccc(N3CCCC(C)C3=O)cc2F)N(C(=O)Nc2ccc(Cl)cn2)C1. The lowest BCUT2D eigenvalue weighted by molar-refractivity contribution is -0.123. The van der Waals surface area contributed by atoms with Gasteiger partial charge in [0.15, 0.2) is 0 Å². The van der Waals surface area contributed by atoms with Crippen molar-refractivity contribution in [3.05, 3.63) is 47.4 Å². The minimum absolute atomic E-state index is 0.0307. The van der Waals surface area contributed by atoms with Crippen LogP contribution < -0.4 is 15.5 Å². The van der Waals surface area contributed by atoms with Crippen molar-refractivity contribution >= 4 is 46.6 Å². The quantitative estimate of drug-likeness (QED) is 0.644. The zero-order chi connectivity index (χ0) is 25.1. The van der Waals surface area contributed by atoms with Crippen LogP contribution in [0.15, 0.2) is 36.5 Å². The third kappa shape index (κ3) is 5.54. The highest BCUT2D eigenvalue weighted by Gasteiger charge is 2.40. The average molecular weight is 504 g/mol. The summed E-state index contributed by atoms with van der Waals surface area (Å²) in [6, 6.07) is 6.00. The Morgan fingerprint density at radius 1 is 1.23 bits per heavy atom. The molecule has 9 nitrogen and oxygen atoms in total. The van der Waals surface area contributed by atoms with Gasteiger partial charge in [-0.3, -0.25) is 14.9 Å². The largest absolute Gasteiger partial charge is 0.380 e. The first-order valence-electron chi connectivity index (χ1n) is 11.4. The minimum Gasteiger partial charge on any atom is -0.380 e. The molecule has 3 atom stereocenters. The van der Waals surface area contributed by atoms with Crippen molar-refractivity contribution in [2.24, 2.45) is 5.92 Å². The lowest BCUT2D eigenvalue weighted by Gasteiger charge is -2.31. The number of carbonyl (C=O) groups excluding carboxylic acids is 3. The van der Waals surface area contributed by atoms with Gasteiger partial charge in [0, 0.05) is 44.4 Å². The molecular weight excluding hydrogens is 477 g/mol. The molecule has 1 aromatic heterocycles. The van der Waals surface area contributed by atoms with Gasteiger partial charge in [0.1, 0.15) is 17.7 Å². The molecule has 0 bridgehead atoms. The summed E-state index contributed by atoms with van der Waals surface area (Å²) in [4.78, 5) is 45.3. The maximum atomic E-state index is 14.9. The number of amides is 4. The fraction of sp³-hybridized carbons (Fsp3) is 0.417. The molecule has 0 saturated carbocycles. The third-order valence-electron chi connectivity index (χ3n) is 6.35. The number of carbonyl (C=O) groups is 3. The number of hydrogen-bond acceptors (Lipinski definition) is 5. The number of nitrogens with one attached hydrogen (secondary N) is 2. The molecule has 11 heteroatoms. The molecule has 0 aliphatic carbocycles. The summed E-state index contributed by atoms with van der Waals surface area (Å²) < 4.78 is 20.3. The number of rotatable bonds is 5. The van der Waals surface area contributed by atoms with E-state index in [9.17, 15) is 18.8 Å². The number of urea groups is 1. The predicted octanol–water partition coefficient (Wildman–Crippen LogP) is 3.90. The van der Waals surface area contributed by atoms with E-state index in [1.165, 1.54) is 30.3 Å². The highest BCUT2D eigenvalue weighted by atomic mass is 35.5. The average Bonchev–Trinajstić information content (AvgIpc) is 3.29. The highest BCUT2D eigenvalue weighted by molar-refractivity contribution is 6.30. The van der Waals surface area contributed by atoms with Gasteiger partial charge in [-0.05, 0) is 43.2 Å². The maximum absolute atomic E-state index is 14.9.